The van der Waals surface area contributed by atoms with Gasteiger partial charge in [0.05, 0.1) is 12.2 Å². The Morgan fingerprint density at radius 1 is 1.39 bits per heavy atom. The summed E-state index contributed by atoms with van der Waals surface area (Å²) in [5.41, 5.74) is 0. The highest BCUT2D eigenvalue weighted by Crippen LogP contribution is 2.24. The number of carbonyl (C=O) groups is 1. The molecular formula is C14H28N2OS. The van der Waals surface area contributed by atoms with E-state index in [0.717, 1.165) is 25.0 Å². The second kappa shape index (κ2) is 7.39. The summed E-state index contributed by atoms with van der Waals surface area (Å²) in [6.07, 6.45) is 5.57. The summed E-state index contributed by atoms with van der Waals surface area (Å²) in [6, 6.07) is 0.387. The number of rotatable bonds is 7. The minimum atomic E-state index is 0.0115. The minimum absolute atomic E-state index is 0.0115. The molecule has 1 aliphatic rings. The Morgan fingerprint density at radius 3 is 2.50 bits per heavy atom. The van der Waals surface area contributed by atoms with Crippen LogP contribution in [0.1, 0.15) is 47.0 Å². The summed E-state index contributed by atoms with van der Waals surface area (Å²) >= 11 is 1.83. The van der Waals surface area contributed by atoms with E-state index in [1.807, 2.05) is 11.8 Å². The van der Waals surface area contributed by atoms with Crippen LogP contribution in [0.5, 0.6) is 0 Å². The van der Waals surface area contributed by atoms with Gasteiger partial charge in [-0.1, -0.05) is 34.1 Å². The number of thioether (sulfide) groups is 1. The molecule has 1 heterocycles. The van der Waals surface area contributed by atoms with Crippen molar-refractivity contribution in [3.63, 3.8) is 0 Å². The number of hydrogen-bond acceptors (Lipinski definition) is 3. The summed E-state index contributed by atoms with van der Waals surface area (Å²) < 4.78 is 0. The van der Waals surface area contributed by atoms with Gasteiger partial charge in [0, 0.05) is 11.8 Å². The van der Waals surface area contributed by atoms with E-state index in [1.54, 1.807) is 0 Å². The van der Waals surface area contributed by atoms with Gasteiger partial charge in [-0.05, 0) is 25.0 Å². The van der Waals surface area contributed by atoms with Crippen LogP contribution in [0, 0.1) is 5.92 Å². The van der Waals surface area contributed by atoms with Gasteiger partial charge in [0.2, 0.25) is 5.91 Å². The third-order valence-corrected chi connectivity index (χ3v) is 4.40. The molecule has 0 bridgehead atoms. The van der Waals surface area contributed by atoms with Crippen LogP contribution in [-0.2, 0) is 4.79 Å². The first-order valence-corrected chi connectivity index (χ1v) is 8.53. The number of hydrogen-bond donors (Lipinski definition) is 1. The van der Waals surface area contributed by atoms with E-state index >= 15 is 0 Å². The van der Waals surface area contributed by atoms with Crippen molar-refractivity contribution in [1.82, 2.24) is 10.2 Å². The van der Waals surface area contributed by atoms with Crippen LogP contribution >= 0.6 is 11.8 Å². The molecule has 0 radical (unpaired) electrons. The molecule has 0 aromatic rings. The van der Waals surface area contributed by atoms with Gasteiger partial charge in [0.1, 0.15) is 0 Å². The summed E-state index contributed by atoms with van der Waals surface area (Å²) in [4.78, 5) is 14.7. The molecule has 0 saturated carbocycles. The van der Waals surface area contributed by atoms with Crippen molar-refractivity contribution >= 4 is 17.7 Å². The van der Waals surface area contributed by atoms with Crippen molar-refractivity contribution in [2.75, 3.05) is 12.0 Å². The summed E-state index contributed by atoms with van der Waals surface area (Å²) in [7, 11) is 0. The zero-order valence-corrected chi connectivity index (χ0v) is 13.2. The molecule has 0 aromatic heterocycles. The van der Waals surface area contributed by atoms with Crippen molar-refractivity contribution in [3.05, 3.63) is 0 Å². The highest BCUT2D eigenvalue weighted by atomic mass is 32.2. The van der Waals surface area contributed by atoms with Crippen LogP contribution in [0.3, 0.4) is 0 Å². The Hall–Kier alpha value is -0.220. The molecule has 1 fully saturated rings. The fraction of sp³-hybridized carbons (Fsp3) is 0.929. The summed E-state index contributed by atoms with van der Waals surface area (Å²) in [5, 5.41) is 3.53. The Bertz CT molecular complexity index is 271. The first-order valence-electron chi connectivity index (χ1n) is 7.13. The molecule has 3 unspecified atom stereocenters. The number of nitrogens with zero attached hydrogens (tertiary/aromatic N) is 1. The molecule has 3 nitrogen and oxygen atoms in total. The molecule has 3 atom stereocenters. The lowest BCUT2D eigenvalue weighted by molar-refractivity contribution is -0.132. The molecule has 106 valence electrons. The third kappa shape index (κ3) is 3.41. The maximum Gasteiger partial charge on any atom is 0.241 e. The Morgan fingerprint density at radius 2 is 2.06 bits per heavy atom. The fourth-order valence-corrected chi connectivity index (χ4v) is 3.45. The minimum Gasteiger partial charge on any atom is -0.322 e. The average molecular weight is 272 g/mol. The smallest absolute Gasteiger partial charge is 0.241 e. The molecule has 1 N–H and O–H groups in total. The maximum absolute atomic E-state index is 12.6. The lowest BCUT2D eigenvalue weighted by atomic mass is 10.0. The van der Waals surface area contributed by atoms with Crippen molar-refractivity contribution in [2.24, 2.45) is 5.92 Å². The molecule has 0 aliphatic carbocycles. The second-order valence-electron chi connectivity index (χ2n) is 5.46. The van der Waals surface area contributed by atoms with Crippen LogP contribution in [0.4, 0.5) is 0 Å². The van der Waals surface area contributed by atoms with Crippen molar-refractivity contribution in [3.8, 4) is 0 Å². The molecule has 0 spiro atoms. The van der Waals surface area contributed by atoms with Gasteiger partial charge in [0.25, 0.3) is 0 Å². The van der Waals surface area contributed by atoms with E-state index in [0.29, 0.717) is 17.9 Å². The van der Waals surface area contributed by atoms with Crippen LogP contribution in [0.2, 0.25) is 0 Å². The van der Waals surface area contributed by atoms with Crippen LogP contribution in [0.15, 0.2) is 0 Å². The second-order valence-corrected chi connectivity index (χ2v) is 6.37. The van der Waals surface area contributed by atoms with E-state index in [-0.39, 0.29) is 12.2 Å². The van der Waals surface area contributed by atoms with E-state index in [2.05, 4.69) is 44.2 Å². The first-order chi connectivity index (χ1) is 8.56. The van der Waals surface area contributed by atoms with Crippen LogP contribution < -0.4 is 5.32 Å². The molecule has 1 aliphatic heterocycles. The monoisotopic (exact) mass is 272 g/mol. The molecule has 0 aromatic carbocycles. The van der Waals surface area contributed by atoms with E-state index in [9.17, 15) is 4.79 Å². The summed E-state index contributed by atoms with van der Waals surface area (Å²) in [6.45, 7) is 8.61. The van der Waals surface area contributed by atoms with Gasteiger partial charge < -0.3 is 4.90 Å². The van der Waals surface area contributed by atoms with Gasteiger partial charge in [0.15, 0.2) is 0 Å². The zero-order chi connectivity index (χ0) is 13.7. The number of amides is 1. The summed E-state index contributed by atoms with van der Waals surface area (Å²) in [5.74, 6) is 1.72. The van der Waals surface area contributed by atoms with Gasteiger partial charge in [-0.15, -0.1) is 0 Å². The lowest BCUT2D eigenvalue weighted by Gasteiger charge is -2.31. The first kappa shape index (κ1) is 15.8. The Kier molecular flexibility index (Phi) is 6.50. The van der Waals surface area contributed by atoms with Gasteiger partial charge in [-0.25, -0.2) is 0 Å². The third-order valence-electron chi connectivity index (χ3n) is 3.68. The van der Waals surface area contributed by atoms with Gasteiger partial charge in [-0.3, -0.25) is 10.1 Å². The van der Waals surface area contributed by atoms with E-state index in [4.69, 9.17) is 0 Å². The van der Waals surface area contributed by atoms with Crippen LogP contribution in [0.25, 0.3) is 0 Å². The molecule has 1 rings (SSSR count). The Balaban J connectivity index is 2.85. The maximum atomic E-state index is 12.6. The van der Waals surface area contributed by atoms with E-state index < -0.39 is 0 Å². The van der Waals surface area contributed by atoms with Crippen molar-refractivity contribution < 1.29 is 4.79 Å². The molecule has 1 saturated heterocycles. The average Bonchev–Trinajstić information content (AvgIpc) is 2.64. The Labute approximate surface area is 116 Å². The lowest BCUT2D eigenvalue weighted by Crippen LogP contribution is -2.45. The van der Waals surface area contributed by atoms with Gasteiger partial charge in [-0.2, -0.15) is 11.8 Å². The van der Waals surface area contributed by atoms with Crippen molar-refractivity contribution in [2.45, 2.75) is 65.2 Å². The highest BCUT2D eigenvalue weighted by molar-refractivity contribution is 7.98. The van der Waals surface area contributed by atoms with Crippen molar-refractivity contribution in [1.29, 1.82) is 0 Å². The van der Waals surface area contributed by atoms with Gasteiger partial charge >= 0.3 is 0 Å². The number of carbonyl (C=O) groups excluding carboxylic acids is 1. The van der Waals surface area contributed by atoms with E-state index in [1.165, 1.54) is 0 Å². The molecule has 4 heteroatoms. The quantitative estimate of drug-likeness (QED) is 0.773. The predicted molar refractivity (Wildman–Crippen MR) is 79.8 cm³/mol. The van der Waals surface area contributed by atoms with Crippen LogP contribution in [-0.4, -0.2) is 41.1 Å². The fourth-order valence-electron chi connectivity index (χ4n) is 2.67. The SMILES string of the molecule is CCCC1NC(C(C)C)C(=O)N1C(CC)CSC. The predicted octanol–water partition coefficient (Wildman–Crippen LogP) is 2.71. The molecular weight excluding hydrogens is 244 g/mol. The highest BCUT2D eigenvalue weighted by Gasteiger charge is 2.42. The zero-order valence-electron chi connectivity index (χ0n) is 12.4. The topological polar surface area (TPSA) is 32.3 Å². The molecule has 1 amide bonds. The number of nitrogens with one attached hydrogen (secondary N) is 1. The molecule has 18 heavy (non-hydrogen) atoms. The largest absolute Gasteiger partial charge is 0.322 e. The standard InChI is InChI=1S/C14H28N2OS/c1-6-8-12-15-13(10(3)4)14(17)16(12)11(7-2)9-18-5/h10-13,15H,6-9H2,1-5H3. The normalized spacial score (nSPS) is 26.1.